The summed E-state index contributed by atoms with van der Waals surface area (Å²) in [5, 5.41) is 9.37. The second-order valence-corrected chi connectivity index (χ2v) is 5.43. The molecule has 92 valence electrons. The molecular weight excluding hydrogens is 255 g/mol. The van der Waals surface area contributed by atoms with Crippen LogP contribution < -0.4 is 51.4 Å². The first-order chi connectivity index (χ1) is 6.95. The largest absolute Gasteiger partial charge is 1.00 e. The summed E-state index contributed by atoms with van der Waals surface area (Å²) in [6, 6.07) is 0. The molecule has 0 amide bonds. The zero-order valence-corrected chi connectivity index (χ0v) is 14.3. The molecular formula is C10H21KO4S. The van der Waals surface area contributed by atoms with Crippen molar-refractivity contribution in [2.45, 2.75) is 58.0 Å². The van der Waals surface area contributed by atoms with Gasteiger partial charge in [0.05, 0.1) is 16.2 Å². The van der Waals surface area contributed by atoms with Crippen molar-refractivity contribution in [1.29, 1.82) is 0 Å². The van der Waals surface area contributed by atoms with Gasteiger partial charge >= 0.3 is 51.4 Å². The van der Waals surface area contributed by atoms with Gasteiger partial charge < -0.3 is 9.66 Å². The van der Waals surface area contributed by atoms with Gasteiger partial charge in [0.1, 0.15) is 0 Å². The van der Waals surface area contributed by atoms with Crippen LogP contribution in [-0.4, -0.2) is 29.9 Å². The Labute approximate surface area is 141 Å². The molecule has 0 bridgehead atoms. The van der Waals surface area contributed by atoms with Crippen LogP contribution in [-0.2, 0) is 10.1 Å². The first kappa shape index (κ1) is 19.8. The molecule has 0 heterocycles. The van der Waals surface area contributed by atoms with E-state index in [9.17, 15) is 18.1 Å². The molecule has 1 atom stereocenters. The Hall–Kier alpha value is 1.51. The minimum absolute atomic E-state index is 0. The number of aliphatic hydroxyl groups is 1. The van der Waals surface area contributed by atoms with Gasteiger partial charge in [-0.2, -0.15) is 0 Å². The number of aliphatic hydroxyl groups excluding tert-OH is 1. The second kappa shape index (κ2) is 11.6. The normalized spacial score (nSPS) is 13.2. The van der Waals surface area contributed by atoms with Crippen molar-refractivity contribution in [3.8, 4) is 0 Å². The quantitative estimate of drug-likeness (QED) is 0.321. The molecule has 16 heavy (non-hydrogen) atoms. The van der Waals surface area contributed by atoms with E-state index in [1.807, 2.05) is 0 Å². The van der Waals surface area contributed by atoms with E-state index in [1.165, 1.54) is 12.8 Å². The van der Waals surface area contributed by atoms with Crippen molar-refractivity contribution in [3.63, 3.8) is 0 Å². The van der Waals surface area contributed by atoms with Crippen LogP contribution >= 0.6 is 0 Å². The minimum Gasteiger partial charge on any atom is -0.748 e. The van der Waals surface area contributed by atoms with Crippen LogP contribution in [0.3, 0.4) is 0 Å². The summed E-state index contributed by atoms with van der Waals surface area (Å²) in [6.45, 7) is 2.13. The number of hydrogen-bond donors (Lipinski definition) is 1. The van der Waals surface area contributed by atoms with E-state index < -0.39 is 22.0 Å². The van der Waals surface area contributed by atoms with E-state index in [-0.39, 0.29) is 57.8 Å². The summed E-state index contributed by atoms with van der Waals surface area (Å²) in [5.41, 5.74) is 0. The number of hydrogen-bond acceptors (Lipinski definition) is 4. The van der Waals surface area contributed by atoms with Crippen molar-refractivity contribution >= 4 is 10.1 Å². The van der Waals surface area contributed by atoms with E-state index in [4.69, 9.17) is 0 Å². The van der Waals surface area contributed by atoms with Crippen LogP contribution in [0.5, 0.6) is 0 Å². The first-order valence-corrected chi connectivity index (χ1v) is 7.15. The molecule has 0 saturated heterocycles. The van der Waals surface area contributed by atoms with Gasteiger partial charge in [-0.15, -0.1) is 0 Å². The van der Waals surface area contributed by atoms with Gasteiger partial charge in [-0.3, -0.25) is 0 Å². The van der Waals surface area contributed by atoms with Gasteiger partial charge in [0.25, 0.3) is 0 Å². The molecule has 4 nitrogen and oxygen atoms in total. The third kappa shape index (κ3) is 15.5. The second-order valence-electron chi connectivity index (χ2n) is 3.91. The summed E-state index contributed by atoms with van der Waals surface area (Å²) in [5.74, 6) is -0.455. The molecule has 6 heteroatoms. The van der Waals surface area contributed by atoms with Crippen LogP contribution in [0.25, 0.3) is 0 Å². The molecule has 0 aromatic heterocycles. The Morgan fingerprint density at radius 1 is 1.12 bits per heavy atom. The van der Waals surface area contributed by atoms with E-state index in [1.54, 1.807) is 0 Å². The van der Waals surface area contributed by atoms with E-state index in [2.05, 4.69) is 6.92 Å². The summed E-state index contributed by atoms with van der Waals surface area (Å²) in [6.07, 6.45) is 5.52. The van der Waals surface area contributed by atoms with Gasteiger partial charge in [-0.25, -0.2) is 8.42 Å². The molecule has 0 aliphatic carbocycles. The zero-order chi connectivity index (χ0) is 11.7. The van der Waals surface area contributed by atoms with Gasteiger partial charge in [0.2, 0.25) is 0 Å². The molecule has 0 fully saturated rings. The zero-order valence-electron chi connectivity index (χ0n) is 10.3. The third-order valence-corrected chi connectivity index (χ3v) is 3.08. The monoisotopic (exact) mass is 276 g/mol. The third-order valence-electron chi connectivity index (χ3n) is 2.34. The standard InChI is InChI=1S/C10H22O4S.K/c1-2-3-4-5-6-7-10(11)8-9-15(12,13)14;/h10-11H,2-9H2,1H3,(H,12,13,14);/q;+1/p-1. The fraction of sp³-hybridized carbons (Fsp3) is 1.00. The maximum Gasteiger partial charge on any atom is 1.00 e. The molecule has 1 unspecified atom stereocenters. The van der Waals surface area contributed by atoms with Gasteiger partial charge in [0.15, 0.2) is 0 Å². The Balaban J connectivity index is 0. The van der Waals surface area contributed by atoms with Crippen molar-refractivity contribution in [1.82, 2.24) is 0 Å². The topological polar surface area (TPSA) is 77.4 Å². The maximum absolute atomic E-state index is 10.3. The average Bonchev–Trinajstić information content (AvgIpc) is 2.13. The van der Waals surface area contributed by atoms with Crippen molar-refractivity contribution in [2.75, 3.05) is 5.75 Å². The molecule has 0 aliphatic heterocycles. The predicted octanol–water partition coefficient (Wildman–Crippen LogP) is -1.35. The summed E-state index contributed by atoms with van der Waals surface area (Å²) < 4.78 is 30.9. The molecule has 0 rings (SSSR count). The fourth-order valence-electron chi connectivity index (χ4n) is 1.41. The average molecular weight is 276 g/mol. The Morgan fingerprint density at radius 3 is 2.19 bits per heavy atom. The minimum atomic E-state index is -4.17. The molecule has 0 aliphatic rings. The molecule has 0 aromatic carbocycles. The van der Waals surface area contributed by atoms with Gasteiger partial charge in [-0.1, -0.05) is 39.0 Å². The number of rotatable bonds is 9. The SMILES string of the molecule is CCCCCCCC(O)CCS(=O)(=O)[O-].[K+]. The summed E-state index contributed by atoms with van der Waals surface area (Å²) >= 11 is 0. The summed E-state index contributed by atoms with van der Waals surface area (Å²) in [7, 11) is -4.17. The Morgan fingerprint density at radius 2 is 1.69 bits per heavy atom. The fourth-order valence-corrected chi connectivity index (χ4v) is 1.97. The van der Waals surface area contributed by atoms with Crippen LogP contribution in [0.15, 0.2) is 0 Å². The van der Waals surface area contributed by atoms with Crippen molar-refractivity contribution in [3.05, 3.63) is 0 Å². The molecule has 0 saturated carbocycles. The molecule has 0 aromatic rings. The Kier molecular flexibility index (Phi) is 14.4. The van der Waals surface area contributed by atoms with Crippen LogP contribution in [0.2, 0.25) is 0 Å². The predicted molar refractivity (Wildman–Crippen MR) is 58.6 cm³/mol. The smallest absolute Gasteiger partial charge is 0.748 e. The molecule has 0 radical (unpaired) electrons. The molecule has 0 spiro atoms. The van der Waals surface area contributed by atoms with Crippen molar-refractivity contribution < 1.29 is 69.5 Å². The molecule has 1 N–H and O–H groups in total. The van der Waals surface area contributed by atoms with Crippen LogP contribution in [0, 0.1) is 0 Å². The van der Waals surface area contributed by atoms with E-state index in [0.717, 1.165) is 19.3 Å². The first-order valence-electron chi connectivity index (χ1n) is 5.57. The maximum atomic E-state index is 10.3. The van der Waals surface area contributed by atoms with E-state index in [0.29, 0.717) is 6.42 Å². The summed E-state index contributed by atoms with van der Waals surface area (Å²) in [4.78, 5) is 0. The van der Waals surface area contributed by atoms with E-state index >= 15 is 0 Å². The van der Waals surface area contributed by atoms with Crippen molar-refractivity contribution in [2.24, 2.45) is 0 Å². The Bertz CT molecular complexity index is 241. The number of unbranched alkanes of at least 4 members (excludes halogenated alkanes) is 4. The van der Waals surface area contributed by atoms with Crippen LogP contribution in [0.4, 0.5) is 0 Å². The van der Waals surface area contributed by atoms with Crippen LogP contribution in [0.1, 0.15) is 51.9 Å². The van der Waals surface area contributed by atoms with Gasteiger partial charge in [0, 0.05) is 5.75 Å². The van der Waals surface area contributed by atoms with Gasteiger partial charge in [-0.05, 0) is 12.8 Å².